The van der Waals surface area contributed by atoms with E-state index in [1.54, 1.807) is 0 Å². The molecule has 0 fully saturated rings. The lowest BCUT2D eigenvalue weighted by molar-refractivity contribution is 1.02. The number of nitrogens with one attached hydrogen (secondary N) is 2. The van der Waals surface area contributed by atoms with Crippen LogP contribution >= 0.6 is 12.2 Å². The van der Waals surface area contributed by atoms with Crippen molar-refractivity contribution in [3.63, 3.8) is 0 Å². The number of aryl methyl sites for hydroxylation is 1. The van der Waals surface area contributed by atoms with Gasteiger partial charge in [-0.25, -0.2) is 0 Å². The molecule has 0 radical (unpaired) electrons. The molecular weight excluding hydrogens is 278 g/mol. The van der Waals surface area contributed by atoms with E-state index >= 15 is 0 Å². The van der Waals surface area contributed by atoms with E-state index < -0.39 is 0 Å². The third-order valence-corrected chi connectivity index (χ3v) is 3.24. The van der Waals surface area contributed by atoms with Crippen LogP contribution < -0.4 is 10.7 Å². The largest absolute Gasteiger partial charge is 0.331 e. The molecule has 3 nitrogen and oxygen atoms in total. The summed E-state index contributed by atoms with van der Waals surface area (Å²) in [5.74, 6) is 0. The van der Waals surface area contributed by atoms with Gasteiger partial charge in [-0.2, -0.15) is 5.10 Å². The Balaban J connectivity index is 1.98. The van der Waals surface area contributed by atoms with Gasteiger partial charge in [-0.3, -0.25) is 5.43 Å². The number of thiocarbonyl (C=S) groups is 1. The van der Waals surface area contributed by atoms with E-state index in [4.69, 9.17) is 12.2 Å². The Hall–Kier alpha value is -2.20. The van der Waals surface area contributed by atoms with Gasteiger partial charge < -0.3 is 5.32 Å². The van der Waals surface area contributed by atoms with Crippen LogP contribution in [0, 0.1) is 6.92 Å². The first-order valence-electron chi connectivity index (χ1n) is 6.94. The molecule has 0 saturated carbocycles. The second-order valence-electron chi connectivity index (χ2n) is 4.71. The Morgan fingerprint density at radius 3 is 2.33 bits per heavy atom. The first-order chi connectivity index (χ1) is 10.2. The van der Waals surface area contributed by atoms with Gasteiger partial charge in [0.2, 0.25) is 0 Å². The van der Waals surface area contributed by atoms with Crippen LogP contribution in [0.2, 0.25) is 0 Å². The minimum atomic E-state index is 0.487. The summed E-state index contributed by atoms with van der Waals surface area (Å²) in [6.45, 7) is 4.13. The summed E-state index contributed by atoms with van der Waals surface area (Å²) in [5, 5.41) is 7.99. The molecule has 0 saturated heterocycles. The van der Waals surface area contributed by atoms with E-state index in [1.165, 1.54) is 5.56 Å². The van der Waals surface area contributed by atoms with Gasteiger partial charge >= 0.3 is 0 Å². The first kappa shape index (κ1) is 15.2. The van der Waals surface area contributed by atoms with Gasteiger partial charge in [0, 0.05) is 5.69 Å². The van der Waals surface area contributed by atoms with Crippen molar-refractivity contribution in [2.75, 3.05) is 5.32 Å². The highest BCUT2D eigenvalue weighted by Gasteiger charge is 2.01. The molecule has 0 aromatic heterocycles. The molecule has 108 valence electrons. The number of hydrazone groups is 1. The van der Waals surface area contributed by atoms with Gasteiger partial charge in [0.15, 0.2) is 5.11 Å². The third kappa shape index (κ3) is 4.68. The number of rotatable bonds is 4. The molecule has 4 heteroatoms. The Labute approximate surface area is 131 Å². The van der Waals surface area contributed by atoms with Crippen LogP contribution in [-0.4, -0.2) is 10.8 Å². The number of nitrogens with zero attached hydrogens (tertiary/aromatic N) is 1. The van der Waals surface area contributed by atoms with Crippen molar-refractivity contribution >= 4 is 28.7 Å². The zero-order valence-corrected chi connectivity index (χ0v) is 13.1. The minimum absolute atomic E-state index is 0.487. The fraction of sp³-hybridized carbons (Fsp3) is 0.176. The maximum absolute atomic E-state index is 5.26. The molecule has 0 spiro atoms. The summed E-state index contributed by atoms with van der Waals surface area (Å²) in [7, 11) is 0. The topological polar surface area (TPSA) is 36.4 Å². The van der Waals surface area contributed by atoms with Gasteiger partial charge in [0.1, 0.15) is 0 Å². The standard InChI is InChI=1S/C17H19N3S/c1-3-16(14-7-5-4-6-8-14)19-20-17(21)18-15-11-9-13(2)10-12-15/h4-12H,3H2,1-2H3,(H2,18,20,21)/b19-16-. The molecule has 0 aliphatic heterocycles. The van der Waals surface area contributed by atoms with Gasteiger partial charge in [0.05, 0.1) is 5.71 Å². The molecule has 0 bridgehead atoms. The summed E-state index contributed by atoms with van der Waals surface area (Å²) >= 11 is 5.26. The highest BCUT2D eigenvalue weighted by Crippen LogP contribution is 2.08. The molecule has 2 rings (SSSR count). The van der Waals surface area contributed by atoms with Gasteiger partial charge in [0.25, 0.3) is 0 Å². The highest BCUT2D eigenvalue weighted by molar-refractivity contribution is 7.80. The van der Waals surface area contributed by atoms with Crippen LogP contribution in [0.5, 0.6) is 0 Å². The average Bonchev–Trinajstić information content (AvgIpc) is 2.51. The lowest BCUT2D eigenvalue weighted by Gasteiger charge is -2.09. The number of hydrogen-bond acceptors (Lipinski definition) is 2. The molecule has 2 aromatic rings. The lowest BCUT2D eigenvalue weighted by atomic mass is 10.1. The number of benzene rings is 2. The maximum Gasteiger partial charge on any atom is 0.191 e. The van der Waals surface area contributed by atoms with E-state index in [0.717, 1.165) is 23.4 Å². The van der Waals surface area contributed by atoms with E-state index in [2.05, 4.69) is 29.7 Å². The highest BCUT2D eigenvalue weighted by atomic mass is 32.1. The van der Waals surface area contributed by atoms with Crippen molar-refractivity contribution in [1.29, 1.82) is 0 Å². The van der Waals surface area contributed by atoms with Crippen LogP contribution in [-0.2, 0) is 0 Å². The van der Waals surface area contributed by atoms with Crippen LogP contribution in [0.1, 0.15) is 24.5 Å². The molecule has 0 amide bonds. The second-order valence-corrected chi connectivity index (χ2v) is 5.12. The molecule has 0 heterocycles. The van der Waals surface area contributed by atoms with Crippen molar-refractivity contribution in [2.45, 2.75) is 20.3 Å². The molecule has 2 N–H and O–H groups in total. The Kier molecular flexibility index (Phi) is 5.46. The molecule has 0 aliphatic carbocycles. The SMILES string of the molecule is CC/C(=N/NC(=S)Nc1ccc(C)cc1)c1ccccc1. The van der Waals surface area contributed by atoms with Crippen molar-refractivity contribution in [3.8, 4) is 0 Å². The fourth-order valence-corrected chi connectivity index (χ4v) is 2.06. The third-order valence-electron chi connectivity index (χ3n) is 3.04. The normalized spacial score (nSPS) is 11.0. The minimum Gasteiger partial charge on any atom is -0.331 e. The maximum atomic E-state index is 5.26. The Bertz CT molecular complexity index is 618. The molecule has 0 aliphatic rings. The number of hydrogen-bond donors (Lipinski definition) is 2. The molecule has 2 aromatic carbocycles. The number of anilines is 1. The summed E-state index contributed by atoms with van der Waals surface area (Å²) in [4.78, 5) is 0. The molecule has 0 unspecified atom stereocenters. The average molecular weight is 297 g/mol. The van der Waals surface area contributed by atoms with Crippen molar-refractivity contribution in [2.24, 2.45) is 5.10 Å². The van der Waals surface area contributed by atoms with E-state index in [-0.39, 0.29) is 0 Å². The second kappa shape index (κ2) is 7.55. The summed E-state index contributed by atoms with van der Waals surface area (Å²) in [6.07, 6.45) is 0.837. The zero-order chi connectivity index (χ0) is 15.1. The van der Waals surface area contributed by atoms with E-state index in [1.807, 2.05) is 54.6 Å². The van der Waals surface area contributed by atoms with Gasteiger partial charge in [-0.15, -0.1) is 0 Å². The first-order valence-corrected chi connectivity index (χ1v) is 7.35. The van der Waals surface area contributed by atoms with Crippen molar-refractivity contribution < 1.29 is 0 Å². The summed E-state index contributed by atoms with van der Waals surface area (Å²) in [6, 6.07) is 18.1. The van der Waals surface area contributed by atoms with Crippen molar-refractivity contribution in [3.05, 3.63) is 65.7 Å². The molecule has 0 atom stereocenters. The fourth-order valence-electron chi connectivity index (χ4n) is 1.89. The van der Waals surface area contributed by atoms with Gasteiger partial charge in [-0.1, -0.05) is 55.0 Å². The smallest absolute Gasteiger partial charge is 0.191 e. The van der Waals surface area contributed by atoms with Crippen LogP contribution in [0.4, 0.5) is 5.69 Å². The summed E-state index contributed by atoms with van der Waals surface area (Å²) < 4.78 is 0. The van der Waals surface area contributed by atoms with E-state index in [9.17, 15) is 0 Å². The molecule has 21 heavy (non-hydrogen) atoms. The summed E-state index contributed by atoms with van der Waals surface area (Å²) in [5.41, 5.74) is 7.15. The lowest BCUT2D eigenvalue weighted by Crippen LogP contribution is -2.25. The Morgan fingerprint density at radius 1 is 1.05 bits per heavy atom. The predicted molar refractivity (Wildman–Crippen MR) is 93.8 cm³/mol. The van der Waals surface area contributed by atoms with Crippen LogP contribution in [0.25, 0.3) is 0 Å². The monoisotopic (exact) mass is 297 g/mol. The Morgan fingerprint density at radius 2 is 1.71 bits per heavy atom. The van der Waals surface area contributed by atoms with Crippen LogP contribution in [0.3, 0.4) is 0 Å². The van der Waals surface area contributed by atoms with Crippen LogP contribution in [0.15, 0.2) is 59.7 Å². The predicted octanol–water partition coefficient (Wildman–Crippen LogP) is 4.10. The van der Waals surface area contributed by atoms with Gasteiger partial charge in [-0.05, 0) is 43.3 Å². The zero-order valence-electron chi connectivity index (χ0n) is 12.3. The quantitative estimate of drug-likeness (QED) is 0.507. The molecular formula is C17H19N3S. The van der Waals surface area contributed by atoms with Crippen molar-refractivity contribution in [1.82, 2.24) is 5.43 Å². The van der Waals surface area contributed by atoms with E-state index in [0.29, 0.717) is 5.11 Å².